The molecule has 0 saturated carbocycles. The fourth-order valence-electron chi connectivity index (χ4n) is 2.33. The molecule has 0 spiro atoms. The average molecular weight is 285 g/mol. The minimum Gasteiger partial charge on any atom is -0.348 e. The van der Waals surface area contributed by atoms with E-state index in [0.29, 0.717) is 19.4 Å². The highest BCUT2D eigenvalue weighted by molar-refractivity contribution is 5.83. The van der Waals surface area contributed by atoms with E-state index in [1.807, 2.05) is 25.1 Å². The Morgan fingerprint density at radius 2 is 1.90 bits per heavy atom. The Hall–Kier alpha value is -1.91. The molecule has 0 saturated heterocycles. The molecule has 0 radical (unpaired) electrons. The summed E-state index contributed by atoms with van der Waals surface area (Å²) in [5, 5.41) is 5.32. The standard InChI is InChI=1S/C17H23N3O/c1-12(19)6-9-17(21)20-16(11-18)15-8-7-13-4-2-3-5-14(13)10-15/h2-5,7-8,10,12,16H,6,9,11,18-19H2,1H3,(H,20,21). The van der Waals surface area contributed by atoms with Crippen LogP contribution in [-0.4, -0.2) is 18.5 Å². The van der Waals surface area contributed by atoms with Gasteiger partial charge in [0.25, 0.3) is 0 Å². The van der Waals surface area contributed by atoms with E-state index in [1.165, 1.54) is 5.39 Å². The van der Waals surface area contributed by atoms with Gasteiger partial charge in [-0.3, -0.25) is 4.79 Å². The highest BCUT2D eigenvalue weighted by atomic mass is 16.1. The van der Waals surface area contributed by atoms with Crippen molar-refractivity contribution in [3.63, 3.8) is 0 Å². The molecule has 4 nitrogen and oxygen atoms in total. The van der Waals surface area contributed by atoms with Gasteiger partial charge < -0.3 is 16.8 Å². The molecule has 1 amide bonds. The molecule has 2 aromatic carbocycles. The predicted molar refractivity (Wildman–Crippen MR) is 86.8 cm³/mol. The van der Waals surface area contributed by atoms with Gasteiger partial charge in [0.1, 0.15) is 0 Å². The fraction of sp³-hybridized carbons (Fsp3) is 0.353. The summed E-state index contributed by atoms with van der Waals surface area (Å²) >= 11 is 0. The average Bonchev–Trinajstić information content (AvgIpc) is 2.50. The van der Waals surface area contributed by atoms with Gasteiger partial charge in [-0.15, -0.1) is 0 Å². The van der Waals surface area contributed by atoms with Crippen LogP contribution >= 0.6 is 0 Å². The van der Waals surface area contributed by atoms with Crippen molar-refractivity contribution in [1.29, 1.82) is 0 Å². The second kappa shape index (κ2) is 7.20. The van der Waals surface area contributed by atoms with Crippen molar-refractivity contribution < 1.29 is 4.79 Å². The lowest BCUT2D eigenvalue weighted by Gasteiger charge is -2.18. The van der Waals surface area contributed by atoms with E-state index in [9.17, 15) is 4.79 Å². The molecule has 0 bridgehead atoms. The van der Waals surface area contributed by atoms with Crippen molar-refractivity contribution in [3.05, 3.63) is 48.0 Å². The van der Waals surface area contributed by atoms with E-state index in [2.05, 4.69) is 29.6 Å². The van der Waals surface area contributed by atoms with Gasteiger partial charge in [0.2, 0.25) is 5.91 Å². The van der Waals surface area contributed by atoms with E-state index < -0.39 is 0 Å². The summed E-state index contributed by atoms with van der Waals surface area (Å²) in [5.41, 5.74) is 12.5. The van der Waals surface area contributed by atoms with E-state index in [-0.39, 0.29) is 18.0 Å². The van der Waals surface area contributed by atoms with Crippen molar-refractivity contribution >= 4 is 16.7 Å². The molecule has 2 atom stereocenters. The van der Waals surface area contributed by atoms with Crippen LogP contribution in [0.25, 0.3) is 10.8 Å². The molecule has 0 aliphatic carbocycles. The number of fused-ring (bicyclic) bond motifs is 1. The van der Waals surface area contributed by atoms with Crippen LogP contribution in [0.1, 0.15) is 31.4 Å². The molecule has 2 unspecified atom stereocenters. The van der Waals surface area contributed by atoms with Crippen molar-refractivity contribution in [1.82, 2.24) is 5.32 Å². The molecule has 0 heterocycles. The van der Waals surface area contributed by atoms with Crippen LogP contribution in [0, 0.1) is 0 Å². The molecule has 0 fully saturated rings. The Bertz CT molecular complexity index is 610. The third kappa shape index (κ3) is 4.28. The first-order valence-corrected chi connectivity index (χ1v) is 7.34. The molecule has 21 heavy (non-hydrogen) atoms. The maximum Gasteiger partial charge on any atom is 0.220 e. The molecule has 0 aliphatic rings. The Morgan fingerprint density at radius 3 is 2.57 bits per heavy atom. The molecule has 2 aromatic rings. The minimum atomic E-state index is -0.157. The number of carbonyl (C=O) groups excluding carboxylic acids is 1. The summed E-state index contributed by atoms with van der Waals surface area (Å²) in [4.78, 5) is 11.9. The number of benzene rings is 2. The second-order valence-electron chi connectivity index (χ2n) is 5.48. The molecular weight excluding hydrogens is 262 g/mol. The Morgan fingerprint density at radius 1 is 1.19 bits per heavy atom. The summed E-state index contributed by atoms with van der Waals surface area (Å²) in [6, 6.07) is 14.2. The molecule has 112 valence electrons. The van der Waals surface area contributed by atoms with Crippen LogP contribution in [0.2, 0.25) is 0 Å². The van der Waals surface area contributed by atoms with E-state index in [0.717, 1.165) is 10.9 Å². The fourth-order valence-corrected chi connectivity index (χ4v) is 2.33. The minimum absolute atomic E-state index is 0.00379. The third-order valence-electron chi connectivity index (χ3n) is 3.57. The summed E-state index contributed by atoms with van der Waals surface area (Å²) in [6.45, 7) is 2.28. The van der Waals surface area contributed by atoms with Gasteiger partial charge in [-0.25, -0.2) is 0 Å². The maximum atomic E-state index is 11.9. The first-order valence-electron chi connectivity index (χ1n) is 7.34. The number of carbonyl (C=O) groups is 1. The van der Waals surface area contributed by atoms with Gasteiger partial charge in [-0.2, -0.15) is 0 Å². The lowest BCUT2D eigenvalue weighted by molar-refractivity contribution is -0.122. The predicted octanol–water partition coefficient (Wildman–Crippen LogP) is 2.08. The first kappa shape index (κ1) is 15.5. The van der Waals surface area contributed by atoms with Crippen molar-refractivity contribution in [2.75, 3.05) is 6.54 Å². The zero-order valence-electron chi connectivity index (χ0n) is 12.4. The summed E-state index contributed by atoms with van der Waals surface area (Å²) in [7, 11) is 0. The lowest BCUT2D eigenvalue weighted by Crippen LogP contribution is -2.34. The Labute approximate surface area is 125 Å². The first-order chi connectivity index (χ1) is 10.1. The number of rotatable bonds is 6. The van der Waals surface area contributed by atoms with Gasteiger partial charge in [-0.05, 0) is 35.7 Å². The third-order valence-corrected chi connectivity index (χ3v) is 3.57. The monoisotopic (exact) mass is 285 g/mol. The van der Waals surface area contributed by atoms with Gasteiger partial charge >= 0.3 is 0 Å². The number of amides is 1. The molecular formula is C17H23N3O. The molecule has 0 aromatic heterocycles. The number of nitrogens with one attached hydrogen (secondary N) is 1. The van der Waals surface area contributed by atoms with Gasteiger partial charge in [0.05, 0.1) is 6.04 Å². The topological polar surface area (TPSA) is 81.1 Å². The van der Waals surface area contributed by atoms with Crippen LogP contribution < -0.4 is 16.8 Å². The van der Waals surface area contributed by atoms with Crippen LogP contribution in [-0.2, 0) is 4.79 Å². The number of hydrogen-bond acceptors (Lipinski definition) is 3. The quantitative estimate of drug-likeness (QED) is 0.760. The van der Waals surface area contributed by atoms with Crippen LogP contribution in [0.4, 0.5) is 0 Å². The zero-order chi connectivity index (χ0) is 15.2. The number of nitrogens with two attached hydrogens (primary N) is 2. The summed E-state index contributed by atoms with van der Waals surface area (Å²) in [6.07, 6.45) is 1.11. The van der Waals surface area contributed by atoms with Crippen molar-refractivity contribution in [2.45, 2.75) is 31.8 Å². The van der Waals surface area contributed by atoms with E-state index in [1.54, 1.807) is 0 Å². The Balaban J connectivity index is 2.10. The maximum absolute atomic E-state index is 11.9. The normalized spacial score (nSPS) is 13.9. The van der Waals surface area contributed by atoms with Crippen LogP contribution in [0.3, 0.4) is 0 Å². The van der Waals surface area contributed by atoms with Crippen molar-refractivity contribution in [3.8, 4) is 0 Å². The molecule has 5 N–H and O–H groups in total. The molecule has 2 rings (SSSR count). The van der Waals surface area contributed by atoms with Crippen LogP contribution in [0.5, 0.6) is 0 Å². The SMILES string of the molecule is CC(N)CCC(=O)NC(CN)c1ccc2ccccc2c1. The van der Waals surface area contributed by atoms with Crippen LogP contribution in [0.15, 0.2) is 42.5 Å². The molecule has 4 heteroatoms. The highest BCUT2D eigenvalue weighted by Crippen LogP contribution is 2.20. The summed E-state index contributed by atoms with van der Waals surface area (Å²) < 4.78 is 0. The lowest BCUT2D eigenvalue weighted by atomic mass is 10.0. The van der Waals surface area contributed by atoms with Gasteiger partial charge in [0, 0.05) is 19.0 Å². The number of hydrogen-bond donors (Lipinski definition) is 3. The van der Waals surface area contributed by atoms with Crippen molar-refractivity contribution in [2.24, 2.45) is 11.5 Å². The van der Waals surface area contributed by atoms with Gasteiger partial charge in [-0.1, -0.05) is 36.4 Å². The zero-order valence-corrected chi connectivity index (χ0v) is 12.4. The smallest absolute Gasteiger partial charge is 0.220 e. The molecule has 0 aliphatic heterocycles. The van der Waals surface area contributed by atoms with E-state index in [4.69, 9.17) is 11.5 Å². The highest BCUT2D eigenvalue weighted by Gasteiger charge is 2.13. The second-order valence-corrected chi connectivity index (χ2v) is 5.48. The van der Waals surface area contributed by atoms with Gasteiger partial charge in [0.15, 0.2) is 0 Å². The summed E-state index contributed by atoms with van der Waals surface area (Å²) in [5.74, 6) is -0.00379. The largest absolute Gasteiger partial charge is 0.348 e. The Kier molecular flexibility index (Phi) is 5.31. The van der Waals surface area contributed by atoms with E-state index >= 15 is 0 Å².